The van der Waals surface area contributed by atoms with Crippen molar-refractivity contribution in [2.75, 3.05) is 4.90 Å². The molecule has 0 radical (unpaired) electrons. The van der Waals surface area contributed by atoms with Crippen LogP contribution in [0, 0.1) is 12.3 Å². The summed E-state index contributed by atoms with van der Waals surface area (Å²) in [5.41, 5.74) is 1.60. The molecule has 1 atom stereocenters. The van der Waals surface area contributed by atoms with Gasteiger partial charge in [0, 0.05) is 12.5 Å². The lowest BCUT2D eigenvalue weighted by molar-refractivity contribution is -0.119. The Morgan fingerprint density at radius 1 is 1.16 bits per heavy atom. The highest BCUT2D eigenvalue weighted by molar-refractivity contribution is 6.16. The van der Waals surface area contributed by atoms with Gasteiger partial charge < -0.3 is 5.32 Å². The third-order valence-electron chi connectivity index (χ3n) is 3.47. The molecule has 4 nitrogen and oxygen atoms in total. The molecule has 0 bridgehead atoms. The van der Waals surface area contributed by atoms with Crippen molar-refractivity contribution >= 4 is 17.6 Å². The maximum atomic E-state index is 12.2. The third kappa shape index (κ3) is 2.78. The zero-order valence-electron chi connectivity index (χ0n) is 11.9. The number of hydrogen-bond donors (Lipinski definition) is 1. The van der Waals surface area contributed by atoms with Crippen LogP contribution in [0.3, 0.4) is 0 Å². The minimum absolute atomic E-state index is 0.116. The molecule has 0 aromatic heterocycles. The number of imide groups is 1. The Hall–Kier alpha value is -1.84. The number of carbonyl (C=O) groups excluding carboxylic acids is 2. The first-order valence-electron chi connectivity index (χ1n) is 6.49. The summed E-state index contributed by atoms with van der Waals surface area (Å²) in [6, 6.07) is 6.93. The van der Waals surface area contributed by atoms with Gasteiger partial charge in [0.2, 0.25) is 5.91 Å². The number of aryl methyl sites for hydroxylation is 1. The molecule has 1 unspecified atom stereocenters. The van der Waals surface area contributed by atoms with E-state index in [9.17, 15) is 9.59 Å². The number of rotatable bonds is 1. The Morgan fingerprint density at radius 3 is 2.21 bits per heavy atom. The first-order chi connectivity index (χ1) is 8.79. The average molecular weight is 260 g/mol. The molecule has 1 fully saturated rings. The number of urea groups is 1. The smallest absolute Gasteiger partial charge is 0.328 e. The van der Waals surface area contributed by atoms with Gasteiger partial charge in [0.1, 0.15) is 0 Å². The standard InChI is InChI=1S/C15H20N2O2/c1-10-5-7-11(8-6-10)17-13(18)9-12(15(2,3)4)16-14(17)19/h5-8,12H,9H2,1-4H3,(H,16,19). The van der Waals surface area contributed by atoms with E-state index in [1.807, 2.05) is 39.8 Å². The van der Waals surface area contributed by atoms with Gasteiger partial charge >= 0.3 is 6.03 Å². The van der Waals surface area contributed by atoms with Gasteiger partial charge in [-0.05, 0) is 24.5 Å². The van der Waals surface area contributed by atoms with Crippen molar-refractivity contribution in [1.29, 1.82) is 0 Å². The minimum atomic E-state index is -0.333. The number of carbonyl (C=O) groups is 2. The SMILES string of the molecule is Cc1ccc(N2C(=O)CC(C(C)(C)C)NC2=O)cc1. The number of benzene rings is 1. The molecule has 102 valence electrons. The van der Waals surface area contributed by atoms with Crippen LogP contribution >= 0.6 is 0 Å². The van der Waals surface area contributed by atoms with E-state index in [-0.39, 0.29) is 23.4 Å². The zero-order chi connectivity index (χ0) is 14.2. The summed E-state index contributed by atoms with van der Waals surface area (Å²) in [7, 11) is 0. The van der Waals surface area contributed by atoms with E-state index >= 15 is 0 Å². The first-order valence-corrected chi connectivity index (χ1v) is 6.49. The van der Waals surface area contributed by atoms with Crippen LogP contribution in [0.1, 0.15) is 32.8 Å². The molecule has 0 saturated carbocycles. The second-order valence-electron chi connectivity index (χ2n) is 6.14. The summed E-state index contributed by atoms with van der Waals surface area (Å²) in [5.74, 6) is -0.146. The van der Waals surface area contributed by atoms with Crippen molar-refractivity contribution < 1.29 is 9.59 Å². The number of hydrogen-bond acceptors (Lipinski definition) is 2. The molecular formula is C15H20N2O2. The molecule has 1 saturated heterocycles. The second kappa shape index (κ2) is 4.68. The second-order valence-corrected chi connectivity index (χ2v) is 6.14. The zero-order valence-corrected chi connectivity index (χ0v) is 11.9. The van der Waals surface area contributed by atoms with Crippen molar-refractivity contribution in [2.45, 2.75) is 40.2 Å². The fraction of sp³-hybridized carbons (Fsp3) is 0.467. The van der Waals surface area contributed by atoms with Crippen molar-refractivity contribution in [3.63, 3.8) is 0 Å². The van der Waals surface area contributed by atoms with Gasteiger partial charge in [-0.25, -0.2) is 9.69 Å². The lowest BCUT2D eigenvalue weighted by Gasteiger charge is -2.38. The lowest BCUT2D eigenvalue weighted by atomic mass is 9.83. The summed E-state index contributed by atoms with van der Waals surface area (Å²) >= 11 is 0. The van der Waals surface area contributed by atoms with Crippen LogP contribution in [-0.2, 0) is 4.79 Å². The largest absolute Gasteiger partial charge is 0.334 e. The molecule has 2 rings (SSSR count). The summed E-state index contributed by atoms with van der Waals surface area (Å²) in [5, 5.41) is 2.92. The molecule has 0 aliphatic carbocycles. The number of anilines is 1. The van der Waals surface area contributed by atoms with Gasteiger partial charge in [-0.15, -0.1) is 0 Å². The summed E-state index contributed by atoms with van der Waals surface area (Å²) < 4.78 is 0. The van der Waals surface area contributed by atoms with Gasteiger partial charge in [0.25, 0.3) is 0 Å². The Morgan fingerprint density at radius 2 is 1.74 bits per heavy atom. The average Bonchev–Trinajstić information content (AvgIpc) is 2.29. The van der Waals surface area contributed by atoms with E-state index in [2.05, 4.69) is 5.32 Å². The highest BCUT2D eigenvalue weighted by atomic mass is 16.2. The normalized spacial score (nSPS) is 20.4. The van der Waals surface area contributed by atoms with E-state index in [0.29, 0.717) is 12.1 Å². The quantitative estimate of drug-likeness (QED) is 0.844. The Kier molecular flexibility index (Phi) is 3.35. The maximum Gasteiger partial charge on any atom is 0.328 e. The van der Waals surface area contributed by atoms with Crippen molar-refractivity contribution in [3.8, 4) is 0 Å². The molecule has 1 heterocycles. The predicted molar refractivity (Wildman–Crippen MR) is 75.1 cm³/mol. The molecule has 3 amide bonds. The van der Waals surface area contributed by atoms with E-state index in [1.54, 1.807) is 12.1 Å². The highest BCUT2D eigenvalue weighted by Gasteiger charge is 2.38. The highest BCUT2D eigenvalue weighted by Crippen LogP contribution is 2.27. The van der Waals surface area contributed by atoms with Crippen molar-refractivity contribution in [1.82, 2.24) is 5.32 Å². The van der Waals surface area contributed by atoms with Crippen LogP contribution in [0.25, 0.3) is 0 Å². The van der Waals surface area contributed by atoms with Gasteiger partial charge in [-0.1, -0.05) is 38.5 Å². The molecule has 19 heavy (non-hydrogen) atoms. The molecule has 4 heteroatoms. The maximum absolute atomic E-state index is 12.2. The van der Waals surface area contributed by atoms with Crippen LogP contribution < -0.4 is 10.2 Å². The Labute approximate surface area is 113 Å². The van der Waals surface area contributed by atoms with Crippen LogP contribution in [0.2, 0.25) is 0 Å². The topological polar surface area (TPSA) is 49.4 Å². The number of amides is 3. The number of nitrogens with zero attached hydrogens (tertiary/aromatic N) is 1. The fourth-order valence-corrected chi connectivity index (χ4v) is 2.12. The van der Waals surface area contributed by atoms with Crippen molar-refractivity contribution in [2.24, 2.45) is 5.41 Å². The lowest BCUT2D eigenvalue weighted by Crippen LogP contribution is -2.58. The van der Waals surface area contributed by atoms with Crippen LogP contribution in [0.5, 0.6) is 0 Å². The molecule has 1 aromatic rings. The van der Waals surface area contributed by atoms with E-state index < -0.39 is 0 Å². The fourth-order valence-electron chi connectivity index (χ4n) is 2.12. The van der Waals surface area contributed by atoms with Gasteiger partial charge in [0.15, 0.2) is 0 Å². The summed E-state index contributed by atoms with van der Waals surface area (Å²) in [6.07, 6.45) is 0.336. The first kappa shape index (κ1) is 13.6. The number of nitrogens with one attached hydrogen (secondary N) is 1. The van der Waals surface area contributed by atoms with Gasteiger partial charge in [-0.2, -0.15) is 0 Å². The minimum Gasteiger partial charge on any atom is -0.334 e. The Bertz CT molecular complexity index is 482. The Balaban J connectivity index is 2.23. The molecule has 1 aromatic carbocycles. The van der Waals surface area contributed by atoms with Crippen LogP contribution in [0.15, 0.2) is 24.3 Å². The summed E-state index contributed by atoms with van der Waals surface area (Å²) in [6.45, 7) is 8.03. The monoisotopic (exact) mass is 260 g/mol. The van der Waals surface area contributed by atoms with Gasteiger partial charge in [-0.3, -0.25) is 4.79 Å². The molecule has 1 N–H and O–H groups in total. The van der Waals surface area contributed by atoms with Crippen molar-refractivity contribution in [3.05, 3.63) is 29.8 Å². The summed E-state index contributed by atoms with van der Waals surface area (Å²) in [4.78, 5) is 25.6. The molecular weight excluding hydrogens is 240 g/mol. The van der Waals surface area contributed by atoms with E-state index in [4.69, 9.17) is 0 Å². The van der Waals surface area contributed by atoms with E-state index in [0.717, 1.165) is 5.56 Å². The van der Waals surface area contributed by atoms with Crippen LogP contribution in [-0.4, -0.2) is 18.0 Å². The molecule has 1 aliphatic rings. The molecule has 0 spiro atoms. The third-order valence-corrected chi connectivity index (χ3v) is 3.47. The van der Waals surface area contributed by atoms with E-state index in [1.165, 1.54) is 4.90 Å². The van der Waals surface area contributed by atoms with Gasteiger partial charge in [0.05, 0.1) is 5.69 Å². The molecule has 1 aliphatic heterocycles. The predicted octanol–water partition coefficient (Wildman–Crippen LogP) is 2.86. The van der Waals surface area contributed by atoms with Crippen LogP contribution in [0.4, 0.5) is 10.5 Å².